The van der Waals surface area contributed by atoms with Gasteiger partial charge in [-0.05, 0) is 38.1 Å². The van der Waals surface area contributed by atoms with Crippen LogP contribution in [-0.2, 0) is 4.57 Å². The highest BCUT2D eigenvalue weighted by Crippen LogP contribution is 2.48. The van der Waals surface area contributed by atoms with E-state index in [1.165, 1.54) is 0 Å². The lowest BCUT2D eigenvalue weighted by molar-refractivity contribution is 0.307. The molecular weight excluding hydrogens is 177 g/mol. The summed E-state index contributed by atoms with van der Waals surface area (Å²) in [5.41, 5.74) is 5.06. The summed E-state index contributed by atoms with van der Waals surface area (Å²) in [6, 6.07) is 0. The standard InChI is InChI=1S/C7H16NO3P/c8-5-6-1-3-7(4-2-6)12(9,10)11/h6-7H,1-5,8H2,(H2,9,10,11). The van der Waals surface area contributed by atoms with Gasteiger partial charge in [-0.3, -0.25) is 4.57 Å². The van der Waals surface area contributed by atoms with E-state index in [0.29, 0.717) is 25.3 Å². The maximum Gasteiger partial charge on any atom is 0.328 e. The lowest BCUT2D eigenvalue weighted by atomic mass is 9.89. The zero-order valence-corrected chi connectivity index (χ0v) is 7.91. The van der Waals surface area contributed by atoms with E-state index in [4.69, 9.17) is 15.5 Å². The molecule has 1 rings (SSSR count). The maximum atomic E-state index is 10.8. The Morgan fingerprint density at radius 1 is 1.25 bits per heavy atom. The highest BCUT2D eigenvalue weighted by Gasteiger charge is 2.32. The molecule has 0 amide bonds. The van der Waals surface area contributed by atoms with Gasteiger partial charge < -0.3 is 15.5 Å². The smallest absolute Gasteiger partial charge is 0.328 e. The lowest BCUT2D eigenvalue weighted by Gasteiger charge is -2.27. The molecule has 0 saturated heterocycles. The van der Waals surface area contributed by atoms with E-state index in [1.807, 2.05) is 0 Å². The van der Waals surface area contributed by atoms with Gasteiger partial charge >= 0.3 is 7.60 Å². The molecule has 0 spiro atoms. The van der Waals surface area contributed by atoms with Gasteiger partial charge in [0.15, 0.2) is 0 Å². The van der Waals surface area contributed by atoms with Gasteiger partial charge in [0.25, 0.3) is 0 Å². The molecule has 0 atom stereocenters. The van der Waals surface area contributed by atoms with Crippen LogP contribution in [0.4, 0.5) is 0 Å². The summed E-state index contributed by atoms with van der Waals surface area (Å²) in [7, 11) is -3.82. The zero-order chi connectivity index (χ0) is 9.19. The fourth-order valence-corrected chi connectivity index (χ4v) is 2.69. The Bertz CT molecular complexity index is 183. The number of hydrogen-bond donors (Lipinski definition) is 3. The molecule has 4 N–H and O–H groups in total. The van der Waals surface area contributed by atoms with Crippen molar-refractivity contribution in [2.24, 2.45) is 11.7 Å². The van der Waals surface area contributed by atoms with Gasteiger partial charge in [-0.25, -0.2) is 0 Å². The molecule has 1 saturated carbocycles. The van der Waals surface area contributed by atoms with Crippen LogP contribution in [0.1, 0.15) is 25.7 Å². The monoisotopic (exact) mass is 193 g/mol. The van der Waals surface area contributed by atoms with E-state index in [2.05, 4.69) is 0 Å². The molecule has 4 nitrogen and oxygen atoms in total. The molecule has 0 unspecified atom stereocenters. The largest absolute Gasteiger partial charge is 0.330 e. The van der Waals surface area contributed by atoms with Gasteiger partial charge in [0, 0.05) is 0 Å². The summed E-state index contributed by atoms with van der Waals surface area (Å²) >= 11 is 0. The van der Waals surface area contributed by atoms with Crippen molar-refractivity contribution in [1.29, 1.82) is 0 Å². The lowest BCUT2D eigenvalue weighted by Crippen LogP contribution is -2.24. The van der Waals surface area contributed by atoms with Crippen molar-refractivity contribution in [3.05, 3.63) is 0 Å². The van der Waals surface area contributed by atoms with Gasteiger partial charge in [-0.1, -0.05) is 0 Å². The number of rotatable bonds is 2. The van der Waals surface area contributed by atoms with Crippen molar-refractivity contribution in [1.82, 2.24) is 0 Å². The minimum Gasteiger partial charge on any atom is -0.330 e. The third-order valence-corrected chi connectivity index (χ3v) is 4.09. The molecule has 0 aromatic heterocycles. The van der Waals surface area contributed by atoms with Gasteiger partial charge in [-0.2, -0.15) is 0 Å². The number of hydrogen-bond acceptors (Lipinski definition) is 2. The van der Waals surface area contributed by atoms with Gasteiger partial charge in [0.2, 0.25) is 0 Å². The molecule has 72 valence electrons. The Morgan fingerprint density at radius 2 is 1.75 bits per heavy atom. The molecule has 0 aromatic rings. The van der Waals surface area contributed by atoms with Crippen LogP contribution in [-0.4, -0.2) is 22.0 Å². The van der Waals surface area contributed by atoms with Crippen LogP contribution in [0.5, 0.6) is 0 Å². The molecule has 12 heavy (non-hydrogen) atoms. The molecule has 1 aliphatic rings. The highest BCUT2D eigenvalue weighted by molar-refractivity contribution is 7.52. The highest BCUT2D eigenvalue weighted by atomic mass is 31.2. The first-order chi connectivity index (χ1) is 5.54. The average molecular weight is 193 g/mol. The summed E-state index contributed by atoms with van der Waals surface area (Å²) in [5.74, 6) is 0.479. The average Bonchev–Trinajstić information content (AvgIpc) is 2.03. The van der Waals surface area contributed by atoms with E-state index in [1.54, 1.807) is 0 Å². The molecule has 0 radical (unpaired) electrons. The first-order valence-corrected chi connectivity index (χ1v) is 5.97. The number of nitrogens with two attached hydrogens (primary N) is 1. The second-order valence-electron chi connectivity index (χ2n) is 3.50. The van der Waals surface area contributed by atoms with Crippen LogP contribution in [0.2, 0.25) is 0 Å². The van der Waals surface area contributed by atoms with Crippen molar-refractivity contribution < 1.29 is 14.4 Å². The van der Waals surface area contributed by atoms with Crippen LogP contribution in [0, 0.1) is 5.92 Å². The molecule has 0 aliphatic heterocycles. The van der Waals surface area contributed by atoms with E-state index in [0.717, 1.165) is 12.8 Å². The molecule has 0 heterocycles. The fraction of sp³-hybridized carbons (Fsp3) is 1.00. The Morgan fingerprint density at radius 3 is 2.08 bits per heavy atom. The van der Waals surface area contributed by atoms with Gasteiger partial charge in [0.1, 0.15) is 0 Å². The second kappa shape index (κ2) is 3.88. The van der Waals surface area contributed by atoms with E-state index in [-0.39, 0.29) is 0 Å². The predicted octanol–water partition coefficient (Wildman–Crippen LogP) is 0.682. The van der Waals surface area contributed by atoms with Gasteiger partial charge in [-0.15, -0.1) is 0 Å². The minimum atomic E-state index is -3.82. The third kappa shape index (κ3) is 2.56. The normalized spacial score (nSPS) is 31.9. The molecule has 5 heteroatoms. The van der Waals surface area contributed by atoms with Crippen molar-refractivity contribution in [2.75, 3.05) is 6.54 Å². The molecule has 0 bridgehead atoms. The van der Waals surface area contributed by atoms with Crippen LogP contribution >= 0.6 is 7.60 Å². The van der Waals surface area contributed by atoms with Gasteiger partial charge in [0.05, 0.1) is 5.66 Å². The molecule has 1 aliphatic carbocycles. The maximum absolute atomic E-state index is 10.8. The van der Waals surface area contributed by atoms with Crippen molar-refractivity contribution in [3.63, 3.8) is 0 Å². The zero-order valence-electron chi connectivity index (χ0n) is 7.02. The molecular formula is C7H16NO3P. The van der Waals surface area contributed by atoms with E-state index < -0.39 is 13.3 Å². The first kappa shape index (κ1) is 10.2. The SMILES string of the molecule is NCC1CCC(P(=O)(O)O)CC1. The van der Waals surface area contributed by atoms with Crippen LogP contribution in [0.25, 0.3) is 0 Å². The Hall–Kier alpha value is 0.110. The quantitative estimate of drug-likeness (QED) is 0.563. The topological polar surface area (TPSA) is 83.6 Å². The van der Waals surface area contributed by atoms with Crippen LogP contribution in [0.15, 0.2) is 0 Å². The van der Waals surface area contributed by atoms with E-state index in [9.17, 15) is 4.57 Å². The summed E-state index contributed by atoms with van der Waals surface area (Å²) in [6.45, 7) is 0.647. The van der Waals surface area contributed by atoms with Crippen LogP contribution < -0.4 is 5.73 Å². The van der Waals surface area contributed by atoms with Crippen molar-refractivity contribution in [3.8, 4) is 0 Å². The molecule has 0 aromatic carbocycles. The summed E-state index contributed by atoms with van der Waals surface area (Å²) in [4.78, 5) is 17.8. The summed E-state index contributed by atoms with van der Waals surface area (Å²) in [6.07, 6.45) is 3.00. The Kier molecular flexibility index (Phi) is 3.29. The van der Waals surface area contributed by atoms with Crippen LogP contribution in [0.3, 0.4) is 0 Å². The fourth-order valence-electron chi connectivity index (χ4n) is 1.72. The first-order valence-electron chi connectivity index (χ1n) is 4.29. The summed E-state index contributed by atoms with van der Waals surface area (Å²) in [5, 5.41) is 0. The summed E-state index contributed by atoms with van der Waals surface area (Å²) < 4.78 is 10.8. The second-order valence-corrected chi connectivity index (χ2v) is 5.41. The third-order valence-electron chi connectivity index (χ3n) is 2.63. The minimum absolute atomic E-state index is 0.403. The Labute approximate surface area is 72.3 Å². The van der Waals surface area contributed by atoms with E-state index >= 15 is 0 Å². The molecule has 1 fully saturated rings. The predicted molar refractivity (Wildman–Crippen MR) is 46.8 cm³/mol. The van der Waals surface area contributed by atoms with Crippen molar-refractivity contribution >= 4 is 7.60 Å². The Balaban J connectivity index is 2.41. The van der Waals surface area contributed by atoms with Crippen molar-refractivity contribution in [2.45, 2.75) is 31.3 Å².